The maximum Gasteiger partial charge on any atom is 0.408 e. The Hall–Kier alpha value is -3.33. The molecule has 0 heterocycles. The molecule has 0 aliphatic rings. The van der Waals surface area contributed by atoms with Crippen molar-refractivity contribution < 1.29 is 14.5 Å². The van der Waals surface area contributed by atoms with E-state index in [4.69, 9.17) is 4.74 Å². The van der Waals surface area contributed by atoms with E-state index in [0.717, 1.165) is 5.56 Å². The summed E-state index contributed by atoms with van der Waals surface area (Å²) in [6, 6.07) is 14.0. The maximum atomic E-state index is 11.5. The lowest BCUT2D eigenvalue weighted by Gasteiger charge is -2.04. The number of rotatable bonds is 4. The largest absolute Gasteiger partial charge is 0.445 e. The molecule has 2 rings (SSSR count). The van der Waals surface area contributed by atoms with Crippen molar-refractivity contribution in [1.29, 1.82) is 0 Å². The SMILES string of the molecule is Cc1c(C#CCNC(=O)OCc2ccccc2)cccc1[N+](=O)[O-]. The molecule has 2 aromatic rings. The number of amides is 1. The van der Waals surface area contributed by atoms with Gasteiger partial charge in [0.05, 0.1) is 11.5 Å². The fourth-order valence-corrected chi connectivity index (χ4v) is 1.99. The Kier molecular flexibility index (Phi) is 5.92. The van der Waals surface area contributed by atoms with Crippen LogP contribution in [-0.4, -0.2) is 17.6 Å². The Bertz CT molecular complexity index is 792. The molecule has 1 amide bonds. The monoisotopic (exact) mass is 324 g/mol. The van der Waals surface area contributed by atoms with Crippen LogP contribution in [0.2, 0.25) is 0 Å². The molecule has 0 aliphatic heterocycles. The van der Waals surface area contributed by atoms with E-state index < -0.39 is 11.0 Å². The molecule has 0 unspecified atom stereocenters. The van der Waals surface area contributed by atoms with Crippen molar-refractivity contribution in [3.05, 3.63) is 75.3 Å². The van der Waals surface area contributed by atoms with Crippen LogP contribution in [0.4, 0.5) is 10.5 Å². The highest BCUT2D eigenvalue weighted by Gasteiger charge is 2.11. The van der Waals surface area contributed by atoms with Gasteiger partial charge in [-0.05, 0) is 18.6 Å². The number of nitrogens with one attached hydrogen (secondary N) is 1. The molecule has 0 radical (unpaired) electrons. The number of carbonyl (C=O) groups excluding carboxylic acids is 1. The van der Waals surface area contributed by atoms with Crippen molar-refractivity contribution in [2.45, 2.75) is 13.5 Å². The van der Waals surface area contributed by atoms with Gasteiger partial charge in [-0.2, -0.15) is 0 Å². The lowest BCUT2D eigenvalue weighted by Crippen LogP contribution is -2.24. The zero-order chi connectivity index (χ0) is 17.4. The van der Waals surface area contributed by atoms with Gasteiger partial charge in [0.1, 0.15) is 6.61 Å². The second-order valence-corrected chi connectivity index (χ2v) is 4.92. The number of hydrogen-bond acceptors (Lipinski definition) is 4. The van der Waals surface area contributed by atoms with E-state index in [2.05, 4.69) is 17.2 Å². The first-order chi connectivity index (χ1) is 11.6. The van der Waals surface area contributed by atoms with E-state index in [9.17, 15) is 14.9 Å². The fourth-order valence-electron chi connectivity index (χ4n) is 1.99. The van der Waals surface area contributed by atoms with Crippen LogP contribution in [0.25, 0.3) is 0 Å². The van der Waals surface area contributed by atoms with E-state index in [1.807, 2.05) is 30.3 Å². The molecule has 122 valence electrons. The maximum absolute atomic E-state index is 11.5. The number of nitro benzene ring substituents is 1. The Morgan fingerprint density at radius 3 is 2.67 bits per heavy atom. The van der Waals surface area contributed by atoms with Crippen LogP contribution in [0, 0.1) is 28.9 Å². The average Bonchev–Trinajstić information content (AvgIpc) is 2.58. The summed E-state index contributed by atoms with van der Waals surface area (Å²) in [5.74, 6) is 5.57. The van der Waals surface area contributed by atoms with Crippen LogP contribution < -0.4 is 5.32 Å². The van der Waals surface area contributed by atoms with E-state index >= 15 is 0 Å². The zero-order valence-corrected chi connectivity index (χ0v) is 13.1. The van der Waals surface area contributed by atoms with Crippen LogP contribution in [0.15, 0.2) is 48.5 Å². The van der Waals surface area contributed by atoms with Gasteiger partial charge in [-0.1, -0.05) is 48.2 Å². The van der Waals surface area contributed by atoms with E-state index in [1.165, 1.54) is 6.07 Å². The van der Waals surface area contributed by atoms with Crippen LogP contribution >= 0.6 is 0 Å². The van der Waals surface area contributed by atoms with Crippen molar-refractivity contribution in [3.63, 3.8) is 0 Å². The summed E-state index contributed by atoms with van der Waals surface area (Å²) >= 11 is 0. The van der Waals surface area contributed by atoms with E-state index in [-0.39, 0.29) is 18.8 Å². The Morgan fingerprint density at radius 1 is 1.21 bits per heavy atom. The molecule has 2 aromatic carbocycles. The standard InChI is InChI=1S/C18H16N2O4/c1-14-16(9-5-11-17(14)20(22)23)10-6-12-19-18(21)24-13-15-7-3-2-4-8-15/h2-5,7-9,11H,12-13H2,1H3,(H,19,21). The topological polar surface area (TPSA) is 81.5 Å². The van der Waals surface area contributed by atoms with Crippen molar-refractivity contribution in [2.75, 3.05) is 6.54 Å². The van der Waals surface area contributed by atoms with Crippen LogP contribution in [0.3, 0.4) is 0 Å². The van der Waals surface area contributed by atoms with Crippen molar-refractivity contribution in [1.82, 2.24) is 5.32 Å². The predicted molar refractivity (Wildman–Crippen MR) is 89.3 cm³/mol. The van der Waals surface area contributed by atoms with Gasteiger partial charge < -0.3 is 10.1 Å². The van der Waals surface area contributed by atoms with E-state index in [1.54, 1.807) is 19.1 Å². The van der Waals surface area contributed by atoms with Gasteiger partial charge in [-0.3, -0.25) is 10.1 Å². The summed E-state index contributed by atoms with van der Waals surface area (Å²) in [5, 5.41) is 13.4. The highest BCUT2D eigenvalue weighted by atomic mass is 16.6. The highest BCUT2D eigenvalue weighted by Crippen LogP contribution is 2.19. The number of carbonyl (C=O) groups is 1. The fraction of sp³-hybridized carbons (Fsp3) is 0.167. The number of alkyl carbamates (subject to hydrolysis) is 1. The van der Waals surface area contributed by atoms with Gasteiger partial charge >= 0.3 is 6.09 Å². The third-order valence-electron chi connectivity index (χ3n) is 3.26. The minimum absolute atomic E-state index is 0.0250. The highest BCUT2D eigenvalue weighted by molar-refractivity contribution is 5.67. The van der Waals surface area contributed by atoms with Gasteiger partial charge in [0, 0.05) is 17.2 Å². The molecule has 6 nitrogen and oxygen atoms in total. The van der Waals surface area contributed by atoms with E-state index in [0.29, 0.717) is 11.1 Å². The number of nitrogens with zero attached hydrogens (tertiary/aromatic N) is 1. The molecule has 0 bridgehead atoms. The van der Waals surface area contributed by atoms with Crippen molar-refractivity contribution in [2.24, 2.45) is 0 Å². The minimum atomic E-state index is -0.566. The quantitative estimate of drug-likeness (QED) is 0.532. The second kappa shape index (κ2) is 8.34. The first-order valence-corrected chi connectivity index (χ1v) is 7.25. The molecule has 0 saturated heterocycles. The van der Waals surface area contributed by atoms with Gasteiger partial charge in [0.2, 0.25) is 0 Å². The van der Waals surface area contributed by atoms with Crippen molar-refractivity contribution >= 4 is 11.8 Å². The molecule has 0 fully saturated rings. The molecule has 0 saturated carbocycles. The van der Waals surface area contributed by atoms with Crippen molar-refractivity contribution in [3.8, 4) is 11.8 Å². The lowest BCUT2D eigenvalue weighted by molar-refractivity contribution is -0.385. The number of nitro groups is 1. The number of ether oxygens (including phenoxy) is 1. The molecule has 1 N–H and O–H groups in total. The minimum Gasteiger partial charge on any atom is -0.445 e. The Morgan fingerprint density at radius 2 is 1.96 bits per heavy atom. The number of hydrogen-bond donors (Lipinski definition) is 1. The van der Waals surface area contributed by atoms with Gasteiger partial charge in [0.25, 0.3) is 5.69 Å². The number of benzene rings is 2. The smallest absolute Gasteiger partial charge is 0.408 e. The van der Waals surface area contributed by atoms with Crippen LogP contribution in [0.5, 0.6) is 0 Å². The molecule has 0 aliphatic carbocycles. The summed E-state index contributed by atoms with van der Waals surface area (Å²) in [6.45, 7) is 1.92. The van der Waals surface area contributed by atoms with Crippen LogP contribution in [0.1, 0.15) is 16.7 Å². The molecular weight excluding hydrogens is 308 g/mol. The summed E-state index contributed by atoms with van der Waals surface area (Å²) in [6.07, 6.45) is -0.566. The van der Waals surface area contributed by atoms with Gasteiger partial charge in [0.15, 0.2) is 0 Å². The van der Waals surface area contributed by atoms with Gasteiger partial charge in [-0.15, -0.1) is 0 Å². The first-order valence-electron chi connectivity index (χ1n) is 7.25. The molecule has 0 aromatic heterocycles. The molecule has 0 atom stereocenters. The first kappa shape index (κ1) is 17.0. The third-order valence-corrected chi connectivity index (χ3v) is 3.26. The van der Waals surface area contributed by atoms with Gasteiger partial charge in [-0.25, -0.2) is 4.79 Å². The Balaban J connectivity index is 1.84. The zero-order valence-electron chi connectivity index (χ0n) is 13.1. The van der Waals surface area contributed by atoms with Crippen LogP contribution in [-0.2, 0) is 11.3 Å². The molecular formula is C18H16N2O4. The third kappa shape index (κ3) is 4.85. The molecule has 0 spiro atoms. The normalized spacial score (nSPS) is 9.54. The summed E-state index contributed by atoms with van der Waals surface area (Å²) in [5.41, 5.74) is 1.98. The molecule has 6 heteroatoms. The summed E-state index contributed by atoms with van der Waals surface area (Å²) < 4.78 is 5.05. The second-order valence-electron chi connectivity index (χ2n) is 4.92. The lowest BCUT2D eigenvalue weighted by atomic mass is 10.1. The molecule has 24 heavy (non-hydrogen) atoms. The summed E-state index contributed by atoms with van der Waals surface area (Å²) in [7, 11) is 0. The Labute approximate surface area is 139 Å². The summed E-state index contributed by atoms with van der Waals surface area (Å²) in [4.78, 5) is 22.0. The average molecular weight is 324 g/mol. The predicted octanol–water partition coefficient (Wildman–Crippen LogP) is 3.18.